The highest BCUT2D eigenvalue weighted by atomic mass is 15.2. The molecule has 60 valence electrons. The fourth-order valence-corrected chi connectivity index (χ4v) is 0.856. The summed E-state index contributed by atoms with van der Waals surface area (Å²) in [5.74, 6) is 0.905. The summed E-state index contributed by atoms with van der Waals surface area (Å²) in [7, 11) is 5.75. The highest BCUT2D eigenvalue weighted by molar-refractivity contribution is 5.62. The van der Waals surface area contributed by atoms with E-state index in [0.717, 1.165) is 11.5 Å². The van der Waals surface area contributed by atoms with E-state index < -0.39 is 0 Å². The molecule has 0 fully saturated rings. The molecule has 0 aliphatic carbocycles. The van der Waals surface area contributed by atoms with Gasteiger partial charge < -0.3 is 10.2 Å². The molecule has 0 bridgehead atoms. The highest BCUT2D eigenvalue weighted by Crippen LogP contribution is 2.17. The minimum atomic E-state index is 0.905. The Morgan fingerprint density at radius 2 is 2.18 bits per heavy atom. The first-order valence-electron chi connectivity index (χ1n) is 3.40. The molecule has 0 aliphatic rings. The molecule has 1 heterocycles. The third kappa shape index (κ3) is 1.58. The van der Waals surface area contributed by atoms with E-state index in [4.69, 9.17) is 0 Å². The van der Waals surface area contributed by atoms with Crippen LogP contribution in [0.3, 0.4) is 0 Å². The summed E-state index contributed by atoms with van der Waals surface area (Å²) in [5.41, 5.74) is 0.942. The van der Waals surface area contributed by atoms with Gasteiger partial charge >= 0.3 is 0 Å². The maximum atomic E-state index is 4.10. The lowest BCUT2D eigenvalue weighted by molar-refractivity contribution is 1.04. The predicted octanol–water partition coefficient (Wildman–Crippen LogP) is 0.584. The van der Waals surface area contributed by atoms with Crippen LogP contribution in [0.4, 0.5) is 11.5 Å². The lowest BCUT2D eigenvalue weighted by atomic mass is 10.4. The normalized spacial score (nSPS) is 9.36. The largest absolute Gasteiger partial charge is 0.384 e. The van der Waals surface area contributed by atoms with Crippen LogP contribution in [0.2, 0.25) is 0 Å². The Morgan fingerprint density at radius 3 is 2.64 bits per heavy atom. The van der Waals surface area contributed by atoms with Crippen LogP contribution < -0.4 is 10.2 Å². The van der Waals surface area contributed by atoms with Crippen molar-refractivity contribution in [3.05, 3.63) is 12.5 Å². The second-order valence-corrected chi connectivity index (χ2v) is 2.40. The molecule has 0 unspecified atom stereocenters. The predicted molar refractivity (Wildman–Crippen MR) is 45.9 cm³/mol. The Morgan fingerprint density at radius 1 is 1.45 bits per heavy atom. The molecule has 1 aromatic heterocycles. The zero-order valence-electron chi connectivity index (χ0n) is 7.00. The van der Waals surface area contributed by atoms with Crippen LogP contribution in [0, 0.1) is 0 Å². The van der Waals surface area contributed by atoms with Gasteiger partial charge in [0, 0.05) is 21.1 Å². The van der Waals surface area contributed by atoms with Gasteiger partial charge in [-0.15, -0.1) is 0 Å². The Bertz CT molecular complexity index is 234. The summed E-state index contributed by atoms with van der Waals surface area (Å²) in [6.45, 7) is 0. The molecular formula is C7H12N4. The van der Waals surface area contributed by atoms with E-state index in [2.05, 4.69) is 15.3 Å². The number of aromatic nitrogens is 2. The molecule has 4 nitrogen and oxygen atoms in total. The fourth-order valence-electron chi connectivity index (χ4n) is 0.856. The maximum absolute atomic E-state index is 4.10. The van der Waals surface area contributed by atoms with E-state index >= 15 is 0 Å². The molecule has 0 saturated carbocycles. The van der Waals surface area contributed by atoms with Gasteiger partial charge in [0.2, 0.25) is 0 Å². The summed E-state index contributed by atoms with van der Waals surface area (Å²) in [6.07, 6.45) is 3.29. The molecule has 1 aromatic rings. The van der Waals surface area contributed by atoms with E-state index in [1.54, 1.807) is 6.20 Å². The number of nitrogens with one attached hydrogen (secondary N) is 1. The molecule has 1 rings (SSSR count). The molecule has 0 amide bonds. The van der Waals surface area contributed by atoms with E-state index in [1.165, 1.54) is 6.33 Å². The van der Waals surface area contributed by atoms with Crippen molar-refractivity contribution in [1.82, 2.24) is 9.97 Å². The topological polar surface area (TPSA) is 41.1 Å². The minimum Gasteiger partial charge on any atom is -0.384 e. The van der Waals surface area contributed by atoms with Gasteiger partial charge in [-0.2, -0.15) is 0 Å². The van der Waals surface area contributed by atoms with Gasteiger partial charge in [0.05, 0.1) is 11.9 Å². The molecule has 0 saturated heterocycles. The maximum Gasteiger partial charge on any atom is 0.154 e. The van der Waals surface area contributed by atoms with Crippen LogP contribution in [0.25, 0.3) is 0 Å². The molecule has 1 N–H and O–H groups in total. The van der Waals surface area contributed by atoms with Crippen molar-refractivity contribution in [2.24, 2.45) is 0 Å². The third-order valence-corrected chi connectivity index (χ3v) is 1.38. The second-order valence-electron chi connectivity index (χ2n) is 2.40. The van der Waals surface area contributed by atoms with Gasteiger partial charge in [-0.25, -0.2) is 9.97 Å². The minimum absolute atomic E-state index is 0.905. The first-order valence-corrected chi connectivity index (χ1v) is 3.40. The molecule has 0 radical (unpaired) electrons. The summed E-state index contributed by atoms with van der Waals surface area (Å²) in [4.78, 5) is 9.94. The Hall–Kier alpha value is -1.32. The lowest BCUT2D eigenvalue weighted by Crippen LogP contribution is -2.12. The number of hydrogen-bond donors (Lipinski definition) is 1. The number of nitrogens with zero attached hydrogens (tertiary/aromatic N) is 3. The first-order chi connectivity index (χ1) is 5.25. The summed E-state index contributed by atoms with van der Waals surface area (Å²) in [5, 5.41) is 3.01. The Kier molecular flexibility index (Phi) is 2.25. The summed E-state index contributed by atoms with van der Waals surface area (Å²) >= 11 is 0. The van der Waals surface area contributed by atoms with Crippen LogP contribution >= 0.6 is 0 Å². The van der Waals surface area contributed by atoms with Gasteiger partial charge in [-0.05, 0) is 0 Å². The fraction of sp³-hybridized carbons (Fsp3) is 0.429. The zero-order valence-corrected chi connectivity index (χ0v) is 7.00. The molecule has 4 heteroatoms. The van der Waals surface area contributed by atoms with Crippen molar-refractivity contribution in [2.75, 3.05) is 31.4 Å². The molecule has 11 heavy (non-hydrogen) atoms. The van der Waals surface area contributed by atoms with Crippen molar-refractivity contribution < 1.29 is 0 Å². The average molecular weight is 152 g/mol. The van der Waals surface area contributed by atoms with E-state index in [-0.39, 0.29) is 0 Å². The molecule has 0 aromatic carbocycles. The van der Waals surface area contributed by atoms with Crippen molar-refractivity contribution in [3.8, 4) is 0 Å². The highest BCUT2D eigenvalue weighted by Gasteiger charge is 2.01. The lowest BCUT2D eigenvalue weighted by Gasteiger charge is -2.14. The van der Waals surface area contributed by atoms with Crippen LogP contribution in [0.1, 0.15) is 0 Å². The number of anilines is 2. The Labute approximate surface area is 66.3 Å². The summed E-state index contributed by atoms with van der Waals surface area (Å²) in [6, 6.07) is 0. The van der Waals surface area contributed by atoms with Crippen LogP contribution in [-0.2, 0) is 0 Å². The monoisotopic (exact) mass is 152 g/mol. The zero-order chi connectivity index (χ0) is 8.27. The van der Waals surface area contributed by atoms with Gasteiger partial charge in [-0.3, -0.25) is 0 Å². The second kappa shape index (κ2) is 3.18. The molecular weight excluding hydrogens is 140 g/mol. The molecule has 0 atom stereocenters. The van der Waals surface area contributed by atoms with Gasteiger partial charge in [0.25, 0.3) is 0 Å². The smallest absolute Gasteiger partial charge is 0.154 e. The van der Waals surface area contributed by atoms with Crippen LogP contribution in [0.5, 0.6) is 0 Å². The van der Waals surface area contributed by atoms with Crippen molar-refractivity contribution in [1.29, 1.82) is 0 Å². The molecule has 0 spiro atoms. The van der Waals surface area contributed by atoms with Gasteiger partial charge in [0.1, 0.15) is 6.33 Å². The molecule has 0 aliphatic heterocycles. The van der Waals surface area contributed by atoms with E-state index in [1.807, 2.05) is 26.0 Å². The Balaban J connectivity index is 3.02. The SMILES string of the molecule is CNc1cncnc1N(C)C. The van der Waals surface area contributed by atoms with Crippen molar-refractivity contribution >= 4 is 11.5 Å². The summed E-state index contributed by atoms with van der Waals surface area (Å²) < 4.78 is 0. The van der Waals surface area contributed by atoms with Crippen molar-refractivity contribution in [3.63, 3.8) is 0 Å². The third-order valence-electron chi connectivity index (χ3n) is 1.38. The van der Waals surface area contributed by atoms with Gasteiger partial charge in [0.15, 0.2) is 5.82 Å². The van der Waals surface area contributed by atoms with Crippen LogP contribution in [0.15, 0.2) is 12.5 Å². The standard InChI is InChI=1S/C7H12N4/c1-8-6-4-9-5-10-7(6)11(2)3/h4-5,8H,1-3H3. The van der Waals surface area contributed by atoms with Crippen molar-refractivity contribution in [2.45, 2.75) is 0 Å². The number of rotatable bonds is 2. The quantitative estimate of drug-likeness (QED) is 0.673. The average Bonchev–Trinajstić information content (AvgIpc) is 2.04. The number of hydrogen-bond acceptors (Lipinski definition) is 4. The van der Waals surface area contributed by atoms with Gasteiger partial charge in [-0.1, -0.05) is 0 Å². The van der Waals surface area contributed by atoms with E-state index in [0.29, 0.717) is 0 Å². The van der Waals surface area contributed by atoms with Crippen LogP contribution in [-0.4, -0.2) is 31.1 Å². The first kappa shape index (κ1) is 7.78. The van der Waals surface area contributed by atoms with E-state index in [9.17, 15) is 0 Å².